The number of nitrogens with two attached hydrogens (primary N) is 1. The molecule has 0 saturated heterocycles. The Morgan fingerprint density at radius 3 is 2.94 bits per heavy atom. The predicted molar refractivity (Wildman–Crippen MR) is 70.8 cm³/mol. The number of nitrogens with zero attached hydrogens (tertiary/aromatic N) is 2. The second-order valence-corrected chi connectivity index (χ2v) is 5.41. The number of anilines is 1. The van der Waals surface area contributed by atoms with Gasteiger partial charge in [0, 0.05) is 4.90 Å². The third-order valence-electron chi connectivity index (χ3n) is 2.00. The normalized spacial score (nSPS) is 10.5. The van der Waals surface area contributed by atoms with Gasteiger partial charge in [-0.15, -0.1) is 0 Å². The van der Waals surface area contributed by atoms with Crippen molar-refractivity contribution >= 4 is 29.0 Å². The fraction of sp³-hybridized carbons (Fsp3) is 0.273. The van der Waals surface area contributed by atoms with Gasteiger partial charge in [-0.1, -0.05) is 11.8 Å². The highest BCUT2D eigenvalue weighted by atomic mass is 32.2. The van der Waals surface area contributed by atoms with Gasteiger partial charge >= 0.3 is 0 Å². The van der Waals surface area contributed by atoms with Crippen LogP contribution in [-0.4, -0.2) is 16.0 Å². The molecule has 0 aliphatic carbocycles. The Morgan fingerprint density at radius 2 is 2.29 bits per heavy atom. The maximum Gasteiger partial charge on any atom is 0.174 e. The van der Waals surface area contributed by atoms with Gasteiger partial charge in [0.25, 0.3) is 0 Å². The molecule has 1 aromatic heterocycles. The van der Waals surface area contributed by atoms with Crippen molar-refractivity contribution in [1.29, 1.82) is 0 Å². The summed E-state index contributed by atoms with van der Waals surface area (Å²) in [5.74, 6) is 1.52. The molecule has 0 fully saturated rings. The number of hydrogen-bond donors (Lipinski definition) is 1. The van der Waals surface area contributed by atoms with E-state index in [-0.39, 0.29) is 0 Å². The monoisotopic (exact) mass is 267 g/mol. The van der Waals surface area contributed by atoms with E-state index in [1.807, 2.05) is 32.0 Å². The van der Waals surface area contributed by atoms with Gasteiger partial charge in [0.1, 0.15) is 11.6 Å². The lowest BCUT2D eigenvalue weighted by molar-refractivity contribution is 0.341. The van der Waals surface area contributed by atoms with Crippen LogP contribution in [0.25, 0.3) is 0 Å². The summed E-state index contributed by atoms with van der Waals surface area (Å²) in [6.45, 7) is 4.43. The first-order valence-corrected chi connectivity index (χ1v) is 6.78. The van der Waals surface area contributed by atoms with E-state index in [1.54, 1.807) is 11.8 Å². The van der Waals surface area contributed by atoms with Crippen molar-refractivity contribution in [2.45, 2.75) is 23.1 Å². The van der Waals surface area contributed by atoms with Gasteiger partial charge in [-0.05, 0) is 43.6 Å². The van der Waals surface area contributed by atoms with Gasteiger partial charge in [0.15, 0.2) is 4.34 Å². The zero-order chi connectivity index (χ0) is 12.3. The van der Waals surface area contributed by atoms with E-state index in [4.69, 9.17) is 10.5 Å². The van der Waals surface area contributed by atoms with Crippen molar-refractivity contribution in [3.63, 3.8) is 0 Å². The third-order valence-corrected chi connectivity index (χ3v) is 3.83. The number of aryl methyl sites for hydroxylation is 1. The van der Waals surface area contributed by atoms with E-state index in [0.717, 1.165) is 20.8 Å². The largest absolute Gasteiger partial charge is 0.492 e. The average molecular weight is 267 g/mol. The molecule has 6 heteroatoms. The van der Waals surface area contributed by atoms with E-state index in [1.165, 1.54) is 11.5 Å². The second-order valence-electron chi connectivity index (χ2n) is 3.34. The molecule has 2 N–H and O–H groups in total. The van der Waals surface area contributed by atoms with E-state index in [9.17, 15) is 0 Å². The molecule has 0 aliphatic heterocycles. The summed E-state index contributed by atoms with van der Waals surface area (Å²) in [7, 11) is 0. The van der Waals surface area contributed by atoms with E-state index >= 15 is 0 Å². The highest BCUT2D eigenvalue weighted by Gasteiger charge is 2.06. The molecule has 2 rings (SSSR count). The zero-order valence-electron chi connectivity index (χ0n) is 9.64. The molecule has 90 valence electrons. The molecule has 0 spiro atoms. The summed E-state index contributed by atoms with van der Waals surface area (Å²) in [5.41, 5.74) is 6.47. The minimum Gasteiger partial charge on any atom is -0.492 e. The van der Waals surface area contributed by atoms with Crippen LogP contribution in [0.4, 0.5) is 5.69 Å². The fourth-order valence-electron chi connectivity index (χ4n) is 1.28. The zero-order valence-corrected chi connectivity index (χ0v) is 11.3. The molecule has 0 atom stereocenters. The van der Waals surface area contributed by atoms with Crippen molar-refractivity contribution in [2.75, 3.05) is 12.3 Å². The van der Waals surface area contributed by atoms with E-state index in [0.29, 0.717) is 12.3 Å². The van der Waals surface area contributed by atoms with Crippen LogP contribution in [0.1, 0.15) is 12.7 Å². The molecular formula is C11H13N3OS2. The van der Waals surface area contributed by atoms with Gasteiger partial charge in [-0.3, -0.25) is 0 Å². The SMILES string of the molecule is CCOc1cc(Sc2nc(C)ns2)ccc1N. The standard InChI is InChI=1S/C11H13N3OS2/c1-3-15-10-6-8(4-5-9(10)12)16-11-13-7(2)14-17-11/h4-6H,3,12H2,1-2H3. The molecule has 17 heavy (non-hydrogen) atoms. The van der Waals surface area contributed by atoms with Gasteiger partial charge < -0.3 is 10.5 Å². The summed E-state index contributed by atoms with van der Waals surface area (Å²) in [6, 6.07) is 5.74. The molecule has 0 amide bonds. The fourth-order valence-corrected chi connectivity index (χ4v) is 2.93. The topological polar surface area (TPSA) is 61.0 Å². The first-order chi connectivity index (χ1) is 8.19. The lowest BCUT2D eigenvalue weighted by atomic mass is 10.3. The number of aromatic nitrogens is 2. The van der Waals surface area contributed by atoms with Crippen LogP contribution in [0.3, 0.4) is 0 Å². The Kier molecular flexibility index (Phi) is 3.86. The number of ether oxygens (including phenoxy) is 1. The number of rotatable bonds is 4. The Bertz CT molecular complexity index is 513. The van der Waals surface area contributed by atoms with Crippen molar-refractivity contribution in [3.8, 4) is 5.75 Å². The van der Waals surface area contributed by atoms with Crippen molar-refractivity contribution in [1.82, 2.24) is 9.36 Å². The summed E-state index contributed by atoms with van der Waals surface area (Å²) in [4.78, 5) is 5.36. The van der Waals surface area contributed by atoms with Gasteiger partial charge in [-0.2, -0.15) is 4.37 Å². The maximum absolute atomic E-state index is 5.81. The summed E-state index contributed by atoms with van der Waals surface area (Å²) < 4.78 is 10.5. The molecule has 0 saturated carbocycles. The van der Waals surface area contributed by atoms with Crippen molar-refractivity contribution in [3.05, 3.63) is 24.0 Å². The first kappa shape index (κ1) is 12.2. The molecule has 1 aromatic carbocycles. The molecule has 0 unspecified atom stereocenters. The molecule has 4 nitrogen and oxygen atoms in total. The number of benzene rings is 1. The van der Waals surface area contributed by atoms with E-state index < -0.39 is 0 Å². The predicted octanol–water partition coefficient (Wildman–Crippen LogP) is 2.98. The molecular weight excluding hydrogens is 254 g/mol. The minimum atomic E-state index is 0.607. The van der Waals surface area contributed by atoms with Crippen LogP contribution in [-0.2, 0) is 0 Å². The van der Waals surface area contributed by atoms with Crippen LogP contribution in [0.15, 0.2) is 27.4 Å². The molecule has 0 bridgehead atoms. The Balaban J connectivity index is 2.18. The van der Waals surface area contributed by atoms with Gasteiger partial charge in [-0.25, -0.2) is 4.98 Å². The third kappa shape index (κ3) is 3.10. The Labute approximate surface area is 108 Å². The number of hydrogen-bond acceptors (Lipinski definition) is 6. The summed E-state index contributed by atoms with van der Waals surface area (Å²) >= 11 is 2.96. The Hall–Kier alpha value is -1.27. The van der Waals surface area contributed by atoms with Crippen LogP contribution in [0, 0.1) is 6.92 Å². The average Bonchev–Trinajstić information content (AvgIpc) is 2.69. The molecule has 1 heterocycles. The molecule has 2 aromatic rings. The first-order valence-electron chi connectivity index (χ1n) is 5.19. The smallest absolute Gasteiger partial charge is 0.174 e. The van der Waals surface area contributed by atoms with Crippen molar-refractivity contribution < 1.29 is 4.74 Å². The van der Waals surface area contributed by atoms with Gasteiger partial charge in [0.2, 0.25) is 0 Å². The number of nitrogen functional groups attached to an aromatic ring is 1. The maximum atomic E-state index is 5.81. The minimum absolute atomic E-state index is 0.607. The molecule has 0 radical (unpaired) electrons. The second kappa shape index (κ2) is 5.37. The van der Waals surface area contributed by atoms with Crippen LogP contribution < -0.4 is 10.5 Å². The quantitative estimate of drug-likeness (QED) is 0.863. The summed E-state index contributed by atoms with van der Waals surface area (Å²) in [6.07, 6.45) is 0. The highest BCUT2D eigenvalue weighted by molar-refractivity contribution is 8.01. The van der Waals surface area contributed by atoms with Crippen LogP contribution in [0.5, 0.6) is 5.75 Å². The van der Waals surface area contributed by atoms with Crippen LogP contribution >= 0.6 is 23.3 Å². The highest BCUT2D eigenvalue weighted by Crippen LogP contribution is 2.33. The lowest BCUT2D eigenvalue weighted by Crippen LogP contribution is -1.96. The molecule has 0 aliphatic rings. The van der Waals surface area contributed by atoms with E-state index in [2.05, 4.69) is 9.36 Å². The van der Waals surface area contributed by atoms with Crippen LogP contribution in [0.2, 0.25) is 0 Å². The Morgan fingerprint density at radius 1 is 1.47 bits per heavy atom. The van der Waals surface area contributed by atoms with Gasteiger partial charge in [0.05, 0.1) is 12.3 Å². The summed E-state index contributed by atoms with van der Waals surface area (Å²) in [5, 5.41) is 0. The lowest BCUT2D eigenvalue weighted by Gasteiger charge is -2.07. The van der Waals surface area contributed by atoms with Crippen molar-refractivity contribution in [2.24, 2.45) is 0 Å².